The molecule has 0 radical (unpaired) electrons. The fourth-order valence-corrected chi connectivity index (χ4v) is 5.28. The standard InChI is InChI=1S/C23H24F2N6O4S/c1-13-30-31-20(35-13)11-34-19-10-27-18(9-28-19)17(25)8-14-5-6-16(24)15(7-14)23(4)12-36(32,33)22(2,3)21(26)29-23/h5-10H,11-12H2,1-4H3,(H2,26,29)/b17-8-/t23-/m0/s1. The number of nitrogens with zero attached hydrogens (tertiary/aromatic N) is 5. The van der Waals surface area contributed by atoms with Gasteiger partial charge in [0.2, 0.25) is 11.8 Å². The Morgan fingerprint density at radius 1 is 1.22 bits per heavy atom. The molecule has 0 bridgehead atoms. The zero-order chi connectivity index (χ0) is 26.3. The molecule has 3 aromatic rings. The lowest BCUT2D eigenvalue weighted by Crippen LogP contribution is -2.55. The molecule has 1 aromatic carbocycles. The first-order valence-corrected chi connectivity index (χ1v) is 12.5. The average molecular weight is 519 g/mol. The van der Waals surface area contributed by atoms with Crippen molar-refractivity contribution in [3.63, 3.8) is 0 Å². The number of hydrogen-bond donors (Lipinski definition) is 1. The first kappa shape index (κ1) is 25.4. The zero-order valence-corrected chi connectivity index (χ0v) is 20.8. The second-order valence-corrected chi connectivity index (χ2v) is 11.6. The summed E-state index contributed by atoms with van der Waals surface area (Å²) in [6.07, 6.45) is 3.54. The average Bonchev–Trinajstić information content (AvgIpc) is 3.23. The van der Waals surface area contributed by atoms with Gasteiger partial charge in [-0.3, -0.25) is 4.99 Å². The highest BCUT2D eigenvalue weighted by atomic mass is 32.2. The Kier molecular flexibility index (Phi) is 6.37. The predicted octanol–water partition coefficient (Wildman–Crippen LogP) is 3.13. The molecule has 1 aliphatic heterocycles. The summed E-state index contributed by atoms with van der Waals surface area (Å²) in [6, 6.07) is 3.82. The number of sulfone groups is 1. The van der Waals surface area contributed by atoms with Crippen LogP contribution in [0.25, 0.3) is 11.9 Å². The summed E-state index contributed by atoms with van der Waals surface area (Å²) < 4.78 is 64.6. The third-order valence-corrected chi connectivity index (χ3v) is 8.59. The highest BCUT2D eigenvalue weighted by Gasteiger charge is 2.49. The van der Waals surface area contributed by atoms with E-state index in [-0.39, 0.29) is 41.0 Å². The third-order valence-electron chi connectivity index (χ3n) is 5.88. The fourth-order valence-electron chi connectivity index (χ4n) is 3.59. The third kappa shape index (κ3) is 4.83. The summed E-state index contributed by atoms with van der Waals surface area (Å²) in [5, 5.41) is 7.47. The summed E-state index contributed by atoms with van der Waals surface area (Å²) in [7, 11) is -3.74. The summed E-state index contributed by atoms with van der Waals surface area (Å²) in [5.74, 6) is -1.22. The van der Waals surface area contributed by atoms with Crippen molar-refractivity contribution in [2.75, 3.05) is 5.75 Å². The zero-order valence-electron chi connectivity index (χ0n) is 20.0. The second-order valence-electron chi connectivity index (χ2n) is 9.02. The summed E-state index contributed by atoms with van der Waals surface area (Å²) >= 11 is 0. The molecule has 13 heteroatoms. The lowest BCUT2D eigenvalue weighted by molar-refractivity contribution is 0.250. The van der Waals surface area contributed by atoms with Crippen molar-refractivity contribution in [2.24, 2.45) is 10.7 Å². The molecule has 4 rings (SSSR count). The van der Waals surface area contributed by atoms with Crippen LogP contribution in [0.2, 0.25) is 0 Å². The van der Waals surface area contributed by atoms with Gasteiger partial charge < -0.3 is 14.9 Å². The number of aliphatic imine (C=N–C) groups is 1. The van der Waals surface area contributed by atoms with Gasteiger partial charge in [0.05, 0.1) is 18.1 Å². The van der Waals surface area contributed by atoms with Gasteiger partial charge in [0.1, 0.15) is 27.6 Å². The molecule has 2 N–H and O–H groups in total. The number of hydrogen-bond acceptors (Lipinski definition) is 10. The molecule has 10 nitrogen and oxygen atoms in total. The number of halogens is 2. The molecule has 3 heterocycles. The Bertz CT molecular complexity index is 1470. The van der Waals surface area contributed by atoms with Gasteiger partial charge in [-0.2, -0.15) is 0 Å². The number of rotatable bonds is 6. The van der Waals surface area contributed by atoms with Crippen LogP contribution in [0, 0.1) is 12.7 Å². The topological polar surface area (TPSA) is 146 Å². The van der Waals surface area contributed by atoms with Crippen molar-refractivity contribution in [1.29, 1.82) is 0 Å². The molecule has 0 saturated heterocycles. The maximum atomic E-state index is 14.9. The first-order chi connectivity index (χ1) is 16.8. The number of nitrogens with two attached hydrogens (primary N) is 1. The van der Waals surface area contributed by atoms with Crippen LogP contribution < -0.4 is 10.5 Å². The largest absolute Gasteiger partial charge is 0.466 e. The van der Waals surface area contributed by atoms with Crippen LogP contribution in [-0.2, 0) is 22.0 Å². The molecule has 0 amide bonds. The highest BCUT2D eigenvalue weighted by Crippen LogP contribution is 2.38. The van der Waals surface area contributed by atoms with E-state index in [4.69, 9.17) is 14.9 Å². The van der Waals surface area contributed by atoms with Crippen molar-refractivity contribution in [3.8, 4) is 5.88 Å². The van der Waals surface area contributed by atoms with Gasteiger partial charge in [0, 0.05) is 12.5 Å². The Morgan fingerprint density at radius 3 is 2.58 bits per heavy atom. The quantitative estimate of drug-likeness (QED) is 0.520. The molecule has 0 aliphatic carbocycles. The Balaban J connectivity index is 1.57. The summed E-state index contributed by atoms with van der Waals surface area (Å²) in [6.45, 7) is 6.01. The molecule has 0 unspecified atom stereocenters. The number of benzene rings is 1. The molecule has 2 aromatic heterocycles. The van der Waals surface area contributed by atoms with Crippen LogP contribution in [-0.4, -0.2) is 44.9 Å². The van der Waals surface area contributed by atoms with E-state index in [0.29, 0.717) is 5.89 Å². The number of aromatic nitrogens is 4. The van der Waals surface area contributed by atoms with Gasteiger partial charge in [-0.15, -0.1) is 10.2 Å². The van der Waals surface area contributed by atoms with E-state index in [9.17, 15) is 17.2 Å². The Morgan fingerprint density at radius 2 is 1.97 bits per heavy atom. The molecule has 0 saturated carbocycles. The smallest absolute Gasteiger partial charge is 0.253 e. The summed E-state index contributed by atoms with van der Waals surface area (Å²) in [4.78, 5) is 12.3. The molecule has 1 aliphatic rings. The predicted molar refractivity (Wildman–Crippen MR) is 128 cm³/mol. The van der Waals surface area contributed by atoms with Gasteiger partial charge in [-0.1, -0.05) is 6.07 Å². The Labute approximate surface area is 206 Å². The normalized spacial score (nSPS) is 21.2. The SMILES string of the molecule is Cc1nnc(COc2cnc(/C(F)=C/c3ccc(F)c([C@]4(C)CS(=O)(=O)C(C)(C)C(N)=N4)c3)cn2)o1. The van der Waals surface area contributed by atoms with Gasteiger partial charge in [-0.25, -0.2) is 27.2 Å². The maximum absolute atomic E-state index is 14.9. The molecular weight excluding hydrogens is 494 g/mol. The van der Waals surface area contributed by atoms with E-state index in [1.165, 1.54) is 45.3 Å². The minimum atomic E-state index is -3.74. The van der Waals surface area contributed by atoms with Gasteiger partial charge in [-0.05, 0) is 44.5 Å². The highest BCUT2D eigenvalue weighted by molar-refractivity contribution is 7.93. The van der Waals surface area contributed by atoms with Crippen molar-refractivity contribution in [2.45, 2.75) is 44.6 Å². The van der Waals surface area contributed by atoms with Crippen LogP contribution in [0.15, 0.2) is 40.0 Å². The second kappa shape index (κ2) is 9.04. The number of amidine groups is 1. The van der Waals surface area contributed by atoms with Crippen LogP contribution in [0.3, 0.4) is 0 Å². The van der Waals surface area contributed by atoms with Gasteiger partial charge >= 0.3 is 0 Å². The minimum Gasteiger partial charge on any atom is -0.466 e. The lowest BCUT2D eigenvalue weighted by atomic mass is 9.91. The molecule has 190 valence electrons. The lowest BCUT2D eigenvalue weighted by Gasteiger charge is -2.38. The van der Waals surface area contributed by atoms with Crippen LogP contribution in [0.5, 0.6) is 5.88 Å². The van der Waals surface area contributed by atoms with Crippen LogP contribution >= 0.6 is 0 Å². The van der Waals surface area contributed by atoms with E-state index >= 15 is 0 Å². The van der Waals surface area contributed by atoms with Crippen LogP contribution in [0.1, 0.15) is 49.4 Å². The number of aryl methyl sites for hydroxylation is 1. The molecule has 0 spiro atoms. The molecule has 1 atom stereocenters. The molecule has 36 heavy (non-hydrogen) atoms. The van der Waals surface area contributed by atoms with Crippen molar-refractivity contribution < 1.29 is 26.4 Å². The fraction of sp³-hybridized carbons (Fsp3) is 0.348. The van der Waals surface area contributed by atoms with Crippen LogP contribution in [0.4, 0.5) is 8.78 Å². The van der Waals surface area contributed by atoms with E-state index in [1.54, 1.807) is 6.92 Å². The van der Waals surface area contributed by atoms with E-state index in [1.807, 2.05) is 0 Å². The summed E-state index contributed by atoms with van der Waals surface area (Å²) in [5.41, 5.74) is 4.65. The van der Waals surface area contributed by atoms with Gasteiger partial charge in [0.15, 0.2) is 22.3 Å². The van der Waals surface area contributed by atoms with Gasteiger partial charge in [0.25, 0.3) is 5.89 Å². The monoisotopic (exact) mass is 518 g/mol. The molecular formula is C23H24F2N6O4S. The Hall–Kier alpha value is -3.74. The van der Waals surface area contributed by atoms with Crippen molar-refractivity contribution >= 4 is 27.6 Å². The maximum Gasteiger partial charge on any atom is 0.253 e. The first-order valence-electron chi connectivity index (χ1n) is 10.8. The van der Waals surface area contributed by atoms with Crippen molar-refractivity contribution in [1.82, 2.24) is 20.2 Å². The van der Waals surface area contributed by atoms with E-state index < -0.39 is 37.5 Å². The molecule has 0 fully saturated rings. The van der Waals surface area contributed by atoms with Crippen molar-refractivity contribution in [3.05, 3.63) is 65.0 Å². The minimum absolute atomic E-state index is 0.0165. The van der Waals surface area contributed by atoms with E-state index in [2.05, 4.69) is 25.2 Å². The van der Waals surface area contributed by atoms with E-state index in [0.717, 1.165) is 12.1 Å². The number of ether oxygens (including phenoxy) is 1.